The number of aliphatic carboxylic acids is 1. The summed E-state index contributed by atoms with van der Waals surface area (Å²) in [6.07, 6.45) is 11.3. The molecule has 0 radical (unpaired) electrons. The fourth-order valence-electron chi connectivity index (χ4n) is 2.94. The standard InChI is InChI=1S/C16H29NO3/c1-2-3-4-5-6-8-11-14(18)17-16(15(19)20)12-9-7-10-13-16/h2-13H2,1H3,(H,17,18)(H,19,20). The minimum absolute atomic E-state index is 0.0928. The number of nitrogens with one attached hydrogen (secondary N) is 1. The minimum Gasteiger partial charge on any atom is -0.480 e. The number of rotatable bonds is 9. The molecule has 116 valence electrons. The van der Waals surface area contributed by atoms with Crippen LogP contribution in [0, 0.1) is 0 Å². The van der Waals surface area contributed by atoms with Crippen molar-refractivity contribution in [3.63, 3.8) is 0 Å². The predicted molar refractivity (Wildman–Crippen MR) is 79.6 cm³/mol. The quantitative estimate of drug-likeness (QED) is 0.635. The molecule has 4 nitrogen and oxygen atoms in total. The van der Waals surface area contributed by atoms with Crippen LogP contribution in [0.15, 0.2) is 0 Å². The lowest BCUT2D eigenvalue weighted by molar-refractivity contribution is -0.149. The van der Waals surface area contributed by atoms with E-state index in [1.165, 1.54) is 25.7 Å². The van der Waals surface area contributed by atoms with Crippen molar-refractivity contribution < 1.29 is 14.7 Å². The number of carboxylic acids is 1. The van der Waals surface area contributed by atoms with Crippen LogP contribution in [-0.2, 0) is 9.59 Å². The molecular formula is C16H29NO3. The molecule has 1 amide bonds. The zero-order valence-corrected chi connectivity index (χ0v) is 12.7. The Bertz CT molecular complexity index is 309. The summed E-state index contributed by atoms with van der Waals surface area (Å²) in [5, 5.41) is 12.2. The highest BCUT2D eigenvalue weighted by Gasteiger charge is 2.40. The van der Waals surface area contributed by atoms with E-state index in [4.69, 9.17) is 0 Å². The molecule has 0 spiro atoms. The molecule has 0 aliphatic heterocycles. The molecule has 0 heterocycles. The smallest absolute Gasteiger partial charge is 0.329 e. The van der Waals surface area contributed by atoms with Gasteiger partial charge in [-0.1, -0.05) is 58.3 Å². The van der Waals surface area contributed by atoms with Gasteiger partial charge >= 0.3 is 5.97 Å². The van der Waals surface area contributed by atoms with E-state index >= 15 is 0 Å². The number of amides is 1. The van der Waals surface area contributed by atoms with Crippen molar-refractivity contribution in [2.45, 2.75) is 89.5 Å². The Balaban J connectivity index is 2.27. The van der Waals surface area contributed by atoms with Gasteiger partial charge in [-0.25, -0.2) is 4.79 Å². The normalized spacial score (nSPS) is 17.6. The van der Waals surface area contributed by atoms with Gasteiger partial charge in [0.15, 0.2) is 0 Å². The van der Waals surface area contributed by atoms with E-state index in [9.17, 15) is 14.7 Å². The molecule has 0 aromatic rings. The number of hydrogen-bond acceptors (Lipinski definition) is 2. The first-order valence-electron chi connectivity index (χ1n) is 8.15. The first kappa shape index (κ1) is 17.0. The van der Waals surface area contributed by atoms with Crippen molar-refractivity contribution in [2.75, 3.05) is 0 Å². The van der Waals surface area contributed by atoms with Gasteiger partial charge in [0, 0.05) is 6.42 Å². The number of unbranched alkanes of at least 4 members (excludes halogenated alkanes) is 5. The Morgan fingerprint density at radius 2 is 1.60 bits per heavy atom. The van der Waals surface area contributed by atoms with Crippen molar-refractivity contribution in [1.29, 1.82) is 0 Å². The SMILES string of the molecule is CCCCCCCCC(=O)NC1(C(=O)O)CCCCC1. The Morgan fingerprint density at radius 1 is 1.00 bits per heavy atom. The molecule has 1 fully saturated rings. The largest absolute Gasteiger partial charge is 0.480 e. The summed E-state index contributed by atoms with van der Waals surface area (Å²) >= 11 is 0. The molecule has 2 N–H and O–H groups in total. The molecule has 0 saturated heterocycles. The highest BCUT2D eigenvalue weighted by Crippen LogP contribution is 2.28. The van der Waals surface area contributed by atoms with Gasteiger partial charge in [-0.2, -0.15) is 0 Å². The van der Waals surface area contributed by atoms with Crippen LogP contribution in [0.3, 0.4) is 0 Å². The third-order valence-corrected chi connectivity index (χ3v) is 4.25. The van der Waals surface area contributed by atoms with Gasteiger partial charge in [0.05, 0.1) is 0 Å². The monoisotopic (exact) mass is 283 g/mol. The number of carboxylic acid groups (broad SMARTS) is 1. The average Bonchev–Trinajstić information content (AvgIpc) is 2.43. The summed E-state index contributed by atoms with van der Waals surface area (Å²) in [6, 6.07) is 0. The molecule has 0 aromatic carbocycles. The van der Waals surface area contributed by atoms with Gasteiger partial charge in [0.2, 0.25) is 5.91 Å². The molecule has 1 saturated carbocycles. The molecule has 1 aliphatic rings. The third kappa shape index (κ3) is 5.51. The summed E-state index contributed by atoms with van der Waals surface area (Å²) in [4.78, 5) is 23.4. The fraction of sp³-hybridized carbons (Fsp3) is 0.875. The average molecular weight is 283 g/mol. The van der Waals surface area contributed by atoms with Crippen LogP contribution >= 0.6 is 0 Å². The van der Waals surface area contributed by atoms with Gasteiger partial charge in [-0.05, 0) is 19.3 Å². The van der Waals surface area contributed by atoms with Gasteiger partial charge in [0.1, 0.15) is 5.54 Å². The Morgan fingerprint density at radius 3 is 2.20 bits per heavy atom. The van der Waals surface area contributed by atoms with E-state index in [0.29, 0.717) is 19.3 Å². The summed E-state index contributed by atoms with van der Waals surface area (Å²) < 4.78 is 0. The van der Waals surface area contributed by atoms with Crippen molar-refractivity contribution in [3.8, 4) is 0 Å². The predicted octanol–water partition coefficient (Wildman–Crippen LogP) is 3.64. The second kappa shape index (κ2) is 8.98. The highest BCUT2D eigenvalue weighted by molar-refractivity contribution is 5.87. The van der Waals surface area contributed by atoms with Crippen LogP contribution in [-0.4, -0.2) is 22.5 Å². The van der Waals surface area contributed by atoms with Crippen molar-refractivity contribution in [3.05, 3.63) is 0 Å². The highest BCUT2D eigenvalue weighted by atomic mass is 16.4. The van der Waals surface area contributed by atoms with Crippen LogP contribution in [0.25, 0.3) is 0 Å². The molecule has 0 bridgehead atoms. The summed E-state index contributed by atoms with van der Waals surface area (Å²) in [6.45, 7) is 2.18. The first-order valence-corrected chi connectivity index (χ1v) is 8.15. The maximum Gasteiger partial charge on any atom is 0.329 e. The molecule has 1 aliphatic carbocycles. The lowest BCUT2D eigenvalue weighted by Gasteiger charge is -2.34. The first-order chi connectivity index (χ1) is 9.60. The lowest BCUT2D eigenvalue weighted by atomic mass is 9.81. The van der Waals surface area contributed by atoms with Crippen LogP contribution in [0.4, 0.5) is 0 Å². The maximum absolute atomic E-state index is 11.9. The van der Waals surface area contributed by atoms with Crippen molar-refractivity contribution in [2.24, 2.45) is 0 Å². The second-order valence-electron chi connectivity index (χ2n) is 6.01. The molecule has 20 heavy (non-hydrogen) atoms. The van der Waals surface area contributed by atoms with E-state index in [1.54, 1.807) is 0 Å². The van der Waals surface area contributed by atoms with Gasteiger partial charge in [-0.15, -0.1) is 0 Å². The van der Waals surface area contributed by atoms with Crippen LogP contribution < -0.4 is 5.32 Å². The molecule has 0 atom stereocenters. The van der Waals surface area contributed by atoms with Crippen LogP contribution in [0.5, 0.6) is 0 Å². The van der Waals surface area contributed by atoms with Crippen LogP contribution in [0.2, 0.25) is 0 Å². The molecule has 1 rings (SSSR count). The zero-order chi connectivity index (χ0) is 14.8. The second-order valence-corrected chi connectivity index (χ2v) is 6.01. The zero-order valence-electron chi connectivity index (χ0n) is 12.7. The number of hydrogen-bond donors (Lipinski definition) is 2. The maximum atomic E-state index is 11.9. The molecule has 0 unspecified atom stereocenters. The summed E-state index contributed by atoms with van der Waals surface area (Å²) in [7, 11) is 0. The van der Waals surface area contributed by atoms with Gasteiger partial charge < -0.3 is 10.4 Å². The summed E-state index contributed by atoms with van der Waals surface area (Å²) in [5.41, 5.74) is -0.989. The Labute approximate surface area is 122 Å². The number of carbonyl (C=O) groups is 2. The van der Waals surface area contributed by atoms with Gasteiger partial charge in [-0.3, -0.25) is 4.79 Å². The minimum atomic E-state index is -0.989. The number of carbonyl (C=O) groups excluding carboxylic acids is 1. The van der Waals surface area contributed by atoms with Crippen molar-refractivity contribution in [1.82, 2.24) is 5.32 Å². The molecular weight excluding hydrogens is 254 g/mol. The Hall–Kier alpha value is -1.06. The van der Waals surface area contributed by atoms with Crippen molar-refractivity contribution >= 4 is 11.9 Å². The van der Waals surface area contributed by atoms with E-state index < -0.39 is 11.5 Å². The molecule has 0 aromatic heterocycles. The third-order valence-electron chi connectivity index (χ3n) is 4.25. The summed E-state index contributed by atoms with van der Waals surface area (Å²) in [5.74, 6) is -0.960. The topological polar surface area (TPSA) is 66.4 Å². The van der Waals surface area contributed by atoms with Gasteiger partial charge in [0.25, 0.3) is 0 Å². The van der Waals surface area contributed by atoms with E-state index in [0.717, 1.165) is 32.1 Å². The fourth-order valence-corrected chi connectivity index (χ4v) is 2.94. The van der Waals surface area contributed by atoms with E-state index in [1.807, 2.05) is 0 Å². The molecule has 4 heteroatoms. The Kier molecular flexibility index (Phi) is 7.63. The lowest BCUT2D eigenvalue weighted by Crippen LogP contribution is -2.55. The van der Waals surface area contributed by atoms with Crippen LogP contribution in [0.1, 0.15) is 84.0 Å². The van der Waals surface area contributed by atoms with E-state index in [2.05, 4.69) is 12.2 Å². The van der Waals surface area contributed by atoms with E-state index in [-0.39, 0.29) is 5.91 Å².